The van der Waals surface area contributed by atoms with Crippen molar-refractivity contribution in [3.05, 3.63) is 29.8 Å². The highest BCUT2D eigenvalue weighted by molar-refractivity contribution is 7.89. The number of morpholine rings is 1. The van der Waals surface area contributed by atoms with Crippen molar-refractivity contribution in [1.29, 1.82) is 0 Å². The lowest BCUT2D eigenvalue weighted by molar-refractivity contribution is -0.135. The molecule has 1 aromatic carbocycles. The van der Waals surface area contributed by atoms with Crippen molar-refractivity contribution in [2.24, 2.45) is 5.92 Å². The number of carbonyl (C=O) groups is 1. The molecule has 0 saturated carbocycles. The smallest absolute Gasteiger partial charge is 0.225 e. The maximum Gasteiger partial charge on any atom is 0.225 e. The normalized spacial score (nSPS) is 19.6. The third kappa shape index (κ3) is 5.04. The molecular formula is C20H31N3O4S. The molecule has 2 heterocycles. The average molecular weight is 410 g/mol. The second kappa shape index (κ2) is 9.24. The van der Waals surface area contributed by atoms with E-state index in [2.05, 4.69) is 29.2 Å². The first kappa shape index (κ1) is 21.1. The lowest BCUT2D eigenvalue weighted by Crippen LogP contribution is -2.43. The second-order valence-electron chi connectivity index (χ2n) is 7.53. The second-order valence-corrected chi connectivity index (χ2v) is 9.79. The summed E-state index contributed by atoms with van der Waals surface area (Å²) in [5, 5.41) is 0. The fraction of sp³-hybridized carbons (Fsp3) is 0.650. The highest BCUT2D eigenvalue weighted by Gasteiger charge is 2.31. The Bertz CT molecular complexity index is 752. The van der Waals surface area contributed by atoms with E-state index >= 15 is 0 Å². The van der Waals surface area contributed by atoms with Gasteiger partial charge in [-0.25, -0.2) is 12.7 Å². The average Bonchev–Trinajstić information content (AvgIpc) is 2.74. The lowest BCUT2D eigenvalue weighted by atomic mass is 9.96. The Balaban J connectivity index is 1.51. The summed E-state index contributed by atoms with van der Waals surface area (Å²) in [5.74, 6) is 0.123. The molecule has 2 aliphatic heterocycles. The molecule has 0 atom stereocenters. The summed E-state index contributed by atoms with van der Waals surface area (Å²) < 4.78 is 30.8. The van der Waals surface area contributed by atoms with Crippen LogP contribution in [-0.4, -0.2) is 75.7 Å². The van der Waals surface area contributed by atoms with E-state index in [1.165, 1.54) is 9.99 Å². The largest absolute Gasteiger partial charge is 0.378 e. The van der Waals surface area contributed by atoms with E-state index in [1.807, 2.05) is 7.05 Å². The summed E-state index contributed by atoms with van der Waals surface area (Å²) >= 11 is 0. The van der Waals surface area contributed by atoms with Crippen LogP contribution in [0.1, 0.15) is 25.3 Å². The van der Waals surface area contributed by atoms with Gasteiger partial charge in [0.25, 0.3) is 0 Å². The van der Waals surface area contributed by atoms with Gasteiger partial charge in [-0.05, 0) is 37.5 Å². The summed E-state index contributed by atoms with van der Waals surface area (Å²) in [4.78, 5) is 16.8. The van der Waals surface area contributed by atoms with Crippen molar-refractivity contribution >= 4 is 21.6 Å². The van der Waals surface area contributed by atoms with E-state index < -0.39 is 10.0 Å². The number of hydrogen-bond acceptors (Lipinski definition) is 5. The van der Waals surface area contributed by atoms with E-state index in [0.29, 0.717) is 32.5 Å². The van der Waals surface area contributed by atoms with Gasteiger partial charge in [0, 0.05) is 51.4 Å². The molecule has 2 aliphatic rings. The minimum Gasteiger partial charge on any atom is -0.378 e. The standard InChI is InChI=1S/C20H31N3O4S/c1-3-28(25,26)23-10-8-18(9-11-23)20(24)21(2)16-17-4-6-19(7-5-17)22-12-14-27-15-13-22/h4-7,18H,3,8-16H2,1-2H3. The Morgan fingerprint density at radius 3 is 2.29 bits per heavy atom. The first-order chi connectivity index (χ1) is 13.4. The molecule has 0 spiro atoms. The quantitative estimate of drug-likeness (QED) is 0.713. The van der Waals surface area contributed by atoms with Gasteiger partial charge in [0.2, 0.25) is 15.9 Å². The Kier molecular flexibility index (Phi) is 6.95. The van der Waals surface area contributed by atoms with E-state index in [-0.39, 0.29) is 17.6 Å². The minimum absolute atomic E-state index is 0.0964. The number of hydrogen-bond donors (Lipinski definition) is 0. The number of rotatable bonds is 6. The van der Waals surface area contributed by atoms with Crippen LogP contribution in [0.2, 0.25) is 0 Å². The maximum absolute atomic E-state index is 12.8. The zero-order valence-corrected chi connectivity index (χ0v) is 17.7. The molecule has 7 nitrogen and oxygen atoms in total. The molecule has 1 aromatic rings. The van der Waals surface area contributed by atoms with Crippen LogP contribution >= 0.6 is 0 Å². The van der Waals surface area contributed by atoms with Crippen LogP contribution in [0.4, 0.5) is 5.69 Å². The number of carbonyl (C=O) groups excluding carboxylic acids is 1. The SMILES string of the molecule is CCS(=O)(=O)N1CCC(C(=O)N(C)Cc2ccc(N3CCOCC3)cc2)CC1. The van der Waals surface area contributed by atoms with Crippen molar-refractivity contribution in [3.8, 4) is 0 Å². The monoisotopic (exact) mass is 409 g/mol. The molecule has 0 aliphatic carbocycles. The molecule has 0 unspecified atom stereocenters. The van der Waals surface area contributed by atoms with Crippen molar-refractivity contribution in [3.63, 3.8) is 0 Å². The van der Waals surface area contributed by atoms with E-state index in [9.17, 15) is 13.2 Å². The molecule has 0 bridgehead atoms. The lowest BCUT2D eigenvalue weighted by Gasteiger charge is -2.32. The van der Waals surface area contributed by atoms with Crippen LogP contribution in [0.3, 0.4) is 0 Å². The van der Waals surface area contributed by atoms with Gasteiger partial charge in [-0.1, -0.05) is 12.1 Å². The Labute approximate surface area is 168 Å². The van der Waals surface area contributed by atoms with Crippen molar-refractivity contribution < 1.29 is 17.9 Å². The molecule has 28 heavy (non-hydrogen) atoms. The molecule has 1 amide bonds. The summed E-state index contributed by atoms with van der Waals surface area (Å²) in [6.07, 6.45) is 1.19. The summed E-state index contributed by atoms with van der Waals surface area (Å²) in [6.45, 7) is 6.44. The van der Waals surface area contributed by atoms with Gasteiger partial charge in [-0.2, -0.15) is 0 Å². The van der Waals surface area contributed by atoms with Gasteiger partial charge in [-0.15, -0.1) is 0 Å². The third-order valence-corrected chi connectivity index (χ3v) is 7.55. The molecule has 156 valence electrons. The van der Waals surface area contributed by atoms with Gasteiger partial charge in [0.15, 0.2) is 0 Å². The van der Waals surface area contributed by atoms with E-state index in [4.69, 9.17) is 4.74 Å². The highest BCUT2D eigenvalue weighted by Crippen LogP contribution is 2.23. The topological polar surface area (TPSA) is 70.2 Å². The zero-order valence-electron chi connectivity index (χ0n) is 16.8. The molecule has 2 fully saturated rings. The van der Waals surface area contributed by atoms with Gasteiger partial charge < -0.3 is 14.5 Å². The summed E-state index contributed by atoms with van der Waals surface area (Å²) in [6, 6.07) is 8.36. The van der Waals surface area contributed by atoms with Crippen molar-refractivity contribution in [2.75, 3.05) is 57.1 Å². The predicted molar refractivity (Wildman–Crippen MR) is 110 cm³/mol. The molecule has 8 heteroatoms. The molecule has 2 saturated heterocycles. The predicted octanol–water partition coefficient (Wildman–Crippen LogP) is 1.54. The van der Waals surface area contributed by atoms with Crippen LogP contribution in [0.25, 0.3) is 0 Å². The number of benzene rings is 1. The molecule has 3 rings (SSSR count). The number of amides is 1. The van der Waals surface area contributed by atoms with Gasteiger partial charge in [0.1, 0.15) is 0 Å². The number of anilines is 1. The fourth-order valence-electron chi connectivity index (χ4n) is 3.86. The Morgan fingerprint density at radius 1 is 1.11 bits per heavy atom. The Morgan fingerprint density at radius 2 is 1.71 bits per heavy atom. The van der Waals surface area contributed by atoms with Crippen LogP contribution in [0.5, 0.6) is 0 Å². The van der Waals surface area contributed by atoms with Crippen LogP contribution in [0.15, 0.2) is 24.3 Å². The van der Waals surface area contributed by atoms with Crippen molar-refractivity contribution in [1.82, 2.24) is 9.21 Å². The first-order valence-electron chi connectivity index (χ1n) is 10.0. The molecule has 0 aromatic heterocycles. The summed E-state index contributed by atoms with van der Waals surface area (Å²) in [7, 11) is -1.33. The highest BCUT2D eigenvalue weighted by atomic mass is 32.2. The number of piperidine rings is 1. The zero-order chi connectivity index (χ0) is 20.1. The number of ether oxygens (including phenoxy) is 1. The molecule has 0 N–H and O–H groups in total. The van der Waals surface area contributed by atoms with E-state index in [1.54, 1.807) is 11.8 Å². The first-order valence-corrected chi connectivity index (χ1v) is 11.7. The minimum atomic E-state index is -3.16. The van der Waals surface area contributed by atoms with Crippen LogP contribution < -0.4 is 4.90 Å². The van der Waals surface area contributed by atoms with Crippen LogP contribution in [-0.2, 0) is 26.1 Å². The number of sulfonamides is 1. The van der Waals surface area contributed by atoms with Crippen molar-refractivity contribution in [2.45, 2.75) is 26.3 Å². The maximum atomic E-state index is 12.8. The van der Waals surface area contributed by atoms with Crippen LogP contribution in [0, 0.1) is 5.92 Å². The third-order valence-electron chi connectivity index (χ3n) is 5.67. The fourth-order valence-corrected chi connectivity index (χ4v) is 4.99. The molecular weight excluding hydrogens is 378 g/mol. The summed E-state index contributed by atoms with van der Waals surface area (Å²) in [5.41, 5.74) is 2.28. The number of nitrogens with zero attached hydrogens (tertiary/aromatic N) is 3. The Hall–Kier alpha value is -1.64. The van der Waals surface area contributed by atoms with Gasteiger partial charge >= 0.3 is 0 Å². The van der Waals surface area contributed by atoms with E-state index in [0.717, 1.165) is 31.9 Å². The van der Waals surface area contributed by atoms with Gasteiger partial charge in [-0.3, -0.25) is 4.79 Å². The molecule has 0 radical (unpaired) electrons. The van der Waals surface area contributed by atoms with Gasteiger partial charge in [0.05, 0.1) is 19.0 Å².